The molecule has 3 heteroatoms. The quantitative estimate of drug-likeness (QED) is 0.649. The van der Waals surface area contributed by atoms with Crippen LogP contribution < -0.4 is 5.11 Å². The summed E-state index contributed by atoms with van der Waals surface area (Å²) in [6.07, 6.45) is 5.72. The smallest absolute Gasteiger partial charge is 0.0520 e. The average molecular weight is 195 g/mol. The van der Waals surface area contributed by atoms with Gasteiger partial charge in [-0.25, -0.2) is 0 Å². The standard InChI is InChI=1S/C11H16O3/c1-7(12)5-11-3-2-8(6-11)4-9(11)10(13)14/h2-3,7-9,12H,4-6H2,1H3,(H,13,14)/p-1. The van der Waals surface area contributed by atoms with Crippen molar-refractivity contribution in [1.82, 2.24) is 0 Å². The first-order chi connectivity index (χ1) is 6.53. The van der Waals surface area contributed by atoms with Crippen molar-refractivity contribution in [2.24, 2.45) is 17.3 Å². The van der Waals surface area contributed by atoms with Gasteiger partial charge in [-0.15, -0.1) is 0 Å². The molecule has 78 valence electrons. The Morgan fingerprint density at radius 1 is 1.79 bits per heavy atom. The molecule has 0 aromatic rings. The number of carboxylic acids is 1. The average Bonchev–Trinajstić information content (AvgIpc) is 2.58. The molecule has 2 bridgehead atoms. The summed E-state index contributed by atoms with van der Waals surface area (Å²) in [4.78, 5) is 11.0. The van der Waals surface area contributed by atoms with Crippen LogP contribution >= 0.6 is 0 Å². The van der Waals surface area contributed by atoms with E-state index in [0.717, 1.165) is 6.42 Å². The van der Waals surface area contributed by atoms with Crippen LogP contribution in [0.15, 0.2) is 12.2 Å². The fraction of sp³-hybridized carbons (Fsp3) is 0.727. The third-order valence-electron chi connectivity index (χ3n) is 3.53. The van der Waals surface area contributed by atoms with Crippen molar-refractivity contribution in [3.63, 3.8) is 0 Å². The Morgan fingerprint density at radius 2 is 2.50 bits per heavy atom. The van der Waals surface area contributed by atoms with E-state index in [-0.39, 0.29) is 5.41 Å². The van der Waals surface area contributed by atoms with Gasteiger partial charge in [0.05, 0.1) is 6.10 Å². The third kappa shape index (κ3) is 1.36. The van der Waals surface area contributed by atoms with Gasteiger partial charge in [0.1, 0.15) is 0 Å². The number of carboxylic acid groups (broad SMARTS) is 1. The molecular weight excluding hydrogens is 180 g/mol. The van der Waals surface area contributed by atoms with Crippen molar-refractivity contribution in [2.45, 2.75) is 32.3 Å². The van der Waals surface area contributed by atoms with E-state index in [1.807, 2.05) is 6.08 Å². The van der Waals surface area contributed by atoms with Crippen LogP contribution in [-0.4, -0.2) is 17.2 Å². The van der Waals surface area contributed by atoms with E-state index in [1.54, 1.807) is 6.92 Å². The van der Waals surface area contributed by atoms with Crippen molar-refractivity contribution in [2.75, 3.05) is 0 Å². The van der Waals surface area contributed by atoms with Gasteiger partial charge < -0.3 is 15.0 Å². The minimum absolute atomic E-state index is 0.322. The molecule has 2 aliphatic rings. The van der Waals surface area contributed by atoms with E-state index < -0.39 is 18.0 Å². The maximum absolute atomic E-state index is 11.0. The molecule has 0 aliphatic heterocycles. The van der Waals surface area contributed by atoms with E-state index in [9.17, 15) is 15.0 Å². The van der Waals surface area contributed by atoms with Gasteiger partial charge >= 0.3 is 0 Å². The molecule has 0 spiro atoms. The van der Waals surface area contributed by atoms with Crippen molar-refractivity contribution in [1.29, 1.82) is 0 Å². The van der Waals surface area contributed by atoms with E-state index in [2.05, 4.69) is 6.08 Å². The van der Waals surface area contributed by atoms with Crippen molar-refractivity contribution >= 4 is 5.97 Å². The zero-order valence-corrected chi connectivity index (χ0v) is 8.27. The van der Waals surface area contributed by atoms with Crippen molar-refractivity contribution in [3.8, 4) is 0 Å². The zero-order chi connectivity index (χ0) is 10.3. The van der Waals surface area contributed by atoms with Crippen molar-refractivity contribution < 1.29 is 15.0 Å². The number of hydrogen-bond acceptors (Lipinski definition) is 3. The first-order valence-corrected chi connectivity index (χ1v) is 5.12. The lowest BCUT2D eigenvalue weighted by Gasteiger charge is -2.34. The number of allylic oxidation sites excluding steroid dienone is 2. The lowest BCUT2D eigenvalue weighted by Crippen LogP contribution is -2.40. The summed E-state index contributed by atoms with van der Waals surface area (Å²) in [5.74, 6) is -0.971. The predicted molar refractivity (Wildman–Crippen MR) is 49.1 cm³/mol. The highest BCUT2D eigenvalue weighted by Crippen LogP contribution is 2.55. The third-order valence-corrected chi connectivity index (χ3v) is 3.53. The SMILES string of the molecule is CC(O)CC12C=CC(CC1C(=O)[O-])C2. The van der Waals surface area contributed by atoms with Crippen LogP contribution in [-0.2, 0) is 4.79 Å². The summed E-state index contributed by atoms with van der Waals surface area (Å²) in [5, 5.41) is 20.3. The fourth-order valence-electron chi connectivity index (χ4n) is 3.08. The second-order valence-electron chi connectivity index (χ2n) is 4.72. The normalized spacial score (nSPS) is 41.6. The lowest BCUT2D eigenvalue weighted by atomic mass is 9.74. The molecule has 1 saturated carbocycles. The molecule has 4 unspecified atom stereocenters. The maximum Gasteiger partial charge on any atom is 0.0520 e. The summed E-state index contributed by atoms with van der Waals surface area (Å²) in [6, 6.07) is 0. The number of rotatable bonds is 3. The Hall–Kier alpha value is -0.830. The summed E-state index contributed by atoms with van der Waals surface area (Å²) >= 11 is 0. The van der Waals surface area contributed by atoms with Gasteiger partial charge in [-0.1, -0.05) is 12.2 Å². The molecule has 1 N–H and O–H groups in total. The van der Waals surface area contributed by atoms with Crippen LogP contribution in [0.1, 0.15) is 26.2 Å². The molecule has 2 aliphatic carbocycles. The molecule has 0 amide bonds. The largest absolute Gasteiger partial charge is 0.550 e. The van der Waals surface area contributed by atoms with Crippen LogP contribution in [0.25, 0.3) is 0 Å². The fourth-order valence-corrected chi connectivity index (χ4v) is 3.08. The van der Waals surface area contributed by atoms with Gasteiger partial charge in [0.15, 0.2) is 0 Å². The van der Waals surface area contributed by atoms with Gasteiger partial charge in [-0.05, 0) is 37.5 Å². The summed E-state index contributed by atoms with van der Waals surface area (Å²) in [5.41, 5.74) is -0.322. The Bertz CT molecular complexity index is 282. The van der Waals surface area contributed by atoms with Crippen LogP contribution in [0.5, 0.6) is 0 Å². The van der Waals surface area contributed by atoms with Crippen molar-refractivity contribution in [3.05, 3.63) is 12.2 Å². The predicted octanol–water partition coefficient (Wildman–Crippen LogP) is 0.0896. The van der Waals surface area contributed by atoms with Crippen LogP contribution in [0.3, 0.4) is 0 Å². The molecule has 0 radical (unpaired) electrons. The molecule has 0 aromatic heterocycles. The van der Waals surface area contributed by atoms with E-state index >= 15 is 0 Å². The van der Waals surface area contributed by atoms with Crippen LogP contribution in [0, 0.1) is 17.3 Å². The Kier molecular flexibility index (Phi) is 2.14. The minimum Gasteiger partial charge on any atom is -0.550 e. The molecule has 0 heterocycles. The summed E-state index contributed by atoms with van der Waals surface area (Å²) in [6.45, 7) is 1.71. The highest BCUT2D eigenvalue weighted by atomic mass is 16.4. The molecule has 4 atom stereocenters. The zero-order valence-electron chi connectivity index (χ0n) is 8.27. The lowest BCUT2D eigenvalue weighted by molar-refractivity contribution is -0.314. The molecule has 2 rings (SSSR count). The summed E-state index contributed by atoms with van der Waals surface area (Å²) in [7, 11) is 0. The van der Waals surface area contributed by atoms with Crippen LogP contribution in [0.4, 0.5) is 0 Å². The first-order valence-electron chi connectivity index (χ1n) is 5.12. The number of aliphatic carboxylic acids is 1. The highest BCUT2D eigenvalue weighted by Gasteiger charge is 2.49. The second kappa shape index (κ2) is 3.09. The number of carbonyl (C=O) groups is 1. The van der Waals surface area contributed by atoms with Crippen LogP contribution in [0.2, 0.25) is 0 Å². The van der Waals surface area contributed by atoms with E-state index in [1.165, 1.54) is 0 Å². The first kappa shape index (κ1) is 9.71. The molecule has 3 nitrogen and oxygen atoms in total. The molecular formula is C11H15O3-. The van der Waals surface area contributed by atoms with Gasteiger partial charge in [0.25, 0.3) is 0 Å². The van der Waals surface area contributed by atoms with E-state index in [4.69, 9.17) is 0 Å². The second-order valence-corrected chi connectivity index (χ2v) is 4.72. The Balaban J connectivity index is 2.22. The molecule has 0 saturated heterocycles. The molecule has 1 fully saturated rings. The Morgan fingerprint density at radius 3 is 3.00 bits per heavy atom. The topological polar surface area (TPSA) is 60.4 Å². The molecule has 0 aromatic carbocycles. The Labute approximate surface area is 83.4 Å². The number of carbonyl (C=O) groups excluding carboxylic acids is 1. The molecule has 14 heavy (non-hydrogen) atoms. The highest BCUT2D eigenvalue weighted by molar-refractivity contribution is 5.70. The maximum atomic E-state index is 11.0. The number of hydrogen-bond donors (Lipinski definition) is 1. The van der Waals surface area contributed by atoms with E-state index in [0.29, 0.717) is 18.8 Å². The summed E-state index contributed by atoms with van der Waals surface area (Å²) < 4.78 is 0. The number of aliphatic hydroxyl groups is 1. The van der Waals surface area contributed by atoms with Gasteiger partial charge in [-0.2, -0.15) is 0 Å². The van der Waals surface area contributed by atoms with Gasteiger partial charge in [0.2, 0.25) is 0 Å². The van der Waals surface area contributed by atoms with Gasteiger partial charge in [-0.3, -0.25) is 0 Å². The minimum atomic E-state index is -0.961. The van der Waals surface area contributed by atoms with Gasteiger partial charge in [0, 0.05) is 11.9 Å². The monoisotopic (exact) mass is 195 g/mol. The number of fused-ring (bicyclic) bond motifs is 2. The number of aliphatic hydroxyl groups excluding tert-OH is 1.